The minimum Gasteiger partial charge on any atom is -0.497 e. The van der Waals surface area contributed by atoms with Crippen molar-refractivity contribution in [1.82, 2.24) is 10.6 Å². The molecule has 0 radical (unpaired) electrons. The molecule has 2 amide bonds. The lowest BCUT2D eigenvalue weighted by molar-refractivity contribution is -0.122. The van der Waals surface area contributed by atoms with Crippen LogP contribution in [0.4, 0.5) is 5.69 Å². The van der Waals surface area contributed by atoms with E-state index in [9.17, 15) is 14.4 Å². The summed E-state index contributed by atoms with van der Waals surface area (Å²) in [5, 5.41) is 9.28. The molecule has 2 atom stereocenters. The monoisotopic (exact) mass is 649 g/mol. The van der Waals surface area contributed by atoms with Crippen LogP contribution >= 0.6 is 11.8 Å². The molecule has 0 saturated carbocycles. The second-order valence-corrected chi connectivity index (χ2v) is 11.9. The number of aryl methyl sites for hydroxylation is 1. The number of methoxy groups -OCH3 is 4. The molecule has 246 valence electrons. The number of hydrogen-bond acceptors (Lipinski definition) is 9. The minimum atomic E-state index is -0.629. The molecule has 3 aromatic carbocycles. The summed E-state index contributed by atoms with van der Waals surface area (Å²) in [7, 11) is 6.30. The zero-order valence-corrected chi connectivity index (χ0v) is 28.1. The lowest BCUT2D eigenvalue weighted by Gasteiger charge is -2.19. The molecule has 0 aliphatic heterocycles. The van der Waals surface area contributed by atoms with Crippen molar-refractivity contribution in [3.8, 4) is 34.1 Å². The van der Waals surface area contributed by atoms with E-state index in [2.05, 4.69) is 16.0 Å². The third-order valence-corrected chi connectivity index (χ3v) is 8.69. The second-order valence-electron chi connectivity index (χ2n) is 11.0. The molecular formula is C35H43N3O7S. The van der Waals surface area contributed by atoms with Gasteiger partial charge >= 0.3 is 0 Å². The lowest BCUT2D eigenvalue weighted by Crippen LogP contribution is -2.41. The molecule has 3 N–H and O–H groups in total. The third-order valence-electron chi connectivity index (χ3n) is 8.04. The summed E-state index contributed by atoms with van der Waals surface area (Å²) < 4.78 is 22.4. The number of carbonyl (C=O) groups is 2. The van der Waals surface area contributed by atoms with E-state index in [1.165, 1.54) is 6.92 Å². The highest BCUT2D eigenvalue weighted by Crippen LogP contribution is 2.50. The van der Waals surface area contributed by atoms with Crippen molar-refractivity contribution in [3.63, 3.8) is 0 Å². The van der Waals surface area contributed by atoms with Crippen LogP contribution in [0.25, 0.3) is 11.1 Å². The van der Waals surface area contributed by atoms with Crippen LogP contribution in [0.15, 0.2) is 53.3 Å². The van der Waals surface area contributed by atoms with Crippen molar-refractivity contribution < 1.29 is 28.5 Å². The topological polar surface area (TPSA) is 124 Å². The molecule has 0 aromatic heterocycles. The first-order valence-corrected chi connectivity index (χ1v) is 16.6. The highest BCUT2D eigenvalue weighted by atomic mass is 32.2. The Balaban J connectivity index is 1.70. The number of nitrogens with one attached hydrogen (secondary N) is 3. The second kappa shape index (κ2) is 16.3. The Morgan fingerprint density at radius 2 is 1.70 bits per heavy atom. The van der Waals surface area contributed by atoms with Gasteiger partial charge in [0.2, 0.25) is 23.0 Å². The number of fused-ring (bicyclic) bond motifs is 3. The molecule has 11 heteroatoms. The summed E-state index contributed by atoms with van der Waals surface area (Å²) in [4.78, 5) is 39.5. The molecule has 0 saturated heterocycles. The molecule has 46 heavy (non-hydrogen) atoms. The fourth-order valence-corrected chi connectivity index (χ4v) is 6.24. The number of anilines is 1. The predicted molar refractivity (Wildman–Crippen MR) is 183 cm³/mol. The van der Waals surface area contributed by atoms with Gasteiger partial charge in [0.15, 0.2) is 11.5 Å². The van der Waals surface area contributed by atoms with Crippen molar-refractivity contribution in [2.75, 3.05) is 52.3 Å². The Bertz CT molecular complexity index is 1600. The maximum Gasteiger partial charge on any atom is 0.242 e. The van der Waals surface area contributed by atoms with Crippen molar-refractivity contribution in [2.45, 2.75) is 44.7 Å². The average molecular weight is 650 g/mol. The summed E-state index contributed by atoms with van der Waals surface area (Å²) in [6.07, 6.45) is 4.31. The molecule has 2 unspecified atom stereocenters. The van der Waals surface area contributed by atoms with Gasteiger partial charge in [0.1, 0.15) is 11.8 Å². The van der Waals surface area contributed by atoms with Gasteiger partial charge in [-0.2, -0.15) is 11.8 Å². The van der Waals surface area contributed by atoms with Crippen LogP contribution in [-0.2, 0) is 22.4 Å². The molecule has 1 aliphatic carbocycles. The van der Waals surface area contributed by atoms with E-state index in [1.807, 2.05) is 42.7 Å². The Morgan fingerprint density at radius 3 is 2.33 bits per heavy atom. The number of carbonyl (C=O) groups excluding carboxylic acids is 2. The third kappa shape index (κ3) is 8.06. The summed E-state index contributed by atoms with van der Waals surface area (Å²) in [6.45, 7) is 1.91. The van der Waals surface area contributed by atoms with Crippen LogP contribution in [-0.4, -0.2) is 64.8 Å². The van der Waals surface area contributed by atoms with Crippen molar-refractivity contribution in [3.05, 3.63) is 75.4 Å². The smallest absolute Gasteiger partial charge is 0.242 e. The van der Waals surface area contributed by atoms with Gasteiger partial charge in [-0.15, -0.1) is 0 Å². The van der Waals surface area contributed by atoms with E-state index >= 15 is 0 Å². The van der Waals surface area contributed by atoms with Gasteiger partial charge in [-0.3, -0.25) is 14.4 Å². The number of ether oxygens (including phenoxy) is 4. The zero-order valence-electron chi connectivity index (χ0n) is 27.3. The average Bonchev–Trinajstić information content (AvgIpc) is 3.30. The fourth-order valence-electron chi connectivity index (χ4n) is 5.76. The molecule has 1 aliphatic rings. The van der Waals surface area contributed by atoms with E-state index in [4.69, 9.17) is 18.9 Å². The molecule has 0 bridgehead atoms. The van der Waals surface area contributed by atoms with E-state index in [0.717, 1.165) is 33.8 Å². The lowest BCUT2D eigenvalue weighted by atomic mass is 9.95. The number of rotatable bonds is 14. The first-order chi connectivity index (χ1) is 22.2. The van der Waals surface area contributed by atoms with Crippen molar-refractivity contribution in [1.29, 1.82) is 0 Å². The summed E-state index contributed by atoms with van der Waals surface area (Å²) in [6, 6.07) is 13.7. The highest BCUT2D eigenvalue weighted by Gasteiger charge is 2.30. The molecular weight excluding hydrogens is 606 g/mol. The molecule has 0 fully saturated rings. The number of hydrogen-bond donors (Lipinski definition) is 3. The Morgan fingerprint density at radius 1 is 0.957 bits per heavy atom. The Hall–Kier alpha value is -4.38. The maximum absolute atomic E-state index is 13.8. The minimum absolute atomic E-state index is 0.185. The molecule has 0 spiro atoms. The Kier molecular flexibility index (Phi) is 12.2. The Labute approximate surface area is 274 Å². The zero-order chi connectivity index (χ0) is 33.2. The fraction of sp³-hybridized carbons (Fsp3) is 0.400. The first-order valence-electron chi connectivity index (χ1n) is 15.2. The SMILES string of the molecule is COc1ccc(CCNC(=O)C(CCSC)Nc2ccc3c(cc2=O)C(NC(C)=O)CCc2cc(OC)c(OC)c(OC)c2-3)cc1. The molecule has 3 aromatic rings. The van der Waals surface area contributed by atoms with Crippen LogP contribution in [0.3, 0.4) is 0 Å². The number of amides is 2. The van der Waals surface area contributed by atoms with E-state index < -0.39 is 12.1 Å². The normalized spacial score (nSPS) is 14.1. The summed E-state index contributed by atoms with van der Waals surface area (Å²) in [5.74, 6) is 2.55. The quantitative estimate of drug-likeness (QED) is 0.227. The van der Waals surface area contributed by atoms with E-state index in [0.29, 0.717) is 55.0 Å². The van der Waals surface area contributed by atoms with Crippen LogP contribution in [0.5, 0.6) is 23.0 Å². The summed E-state index contributed by atoms with van der Waals surface area (Å²) >= 11 is 1.63. The molecule has 4 rings (SSSR count). The van der Waals surface area contributed by atoms with Gasteiger partial charge in [-0.1, -0.05) is 18.2 Å². The van der Waals surface area contributed by atoms with E-state index in [-0.39, 0.29) is 22.9 Å². The van der Waals surface area contributed by atoms with Gasteiger partial charge in [0.05, 0.1) is 40.2 Å². The van der Waals surface area contributed by atoms with Crippen molar-refractivity contribution >= 4 is 29.3 Å². The standard InChI is InChI=1S/C35H43N3O7S/c1-21(39)37-27-13-9-23-19-31(43-3)33(44-4)34(45-5)32(23)25-12-14-28(30(40)20-26(25)27)38-29(16-18-46-6)35(41)36-17-15-22-7-10-24(42-2)11-8-22/h7-8,10-12,14,19-20,27,29H,9,13,15-18H2,1-6H3,(H,36,41)(H,37,39)(H,38,40). The maximum atomic E-state index is 13.8. The van der Waals surface area contributed by atoms with Gasteiger partial charge < -0.3 is 34.9 Å². The largest absolute Gasteiger partial charge is 0.497 e. The number of benzene rings is 2. The van der Waals surface area contributed by atoms with Crippen LogP contribution in [0.1, 0.15) is 42.5 Å². The molecule has 0 heterocycles. The van der Waals surface area contributed by atoms with Crippen LogP contribution in [0, 0.1) is 0 Å². The molecule has 10 nitrogen and oxygen atoms in total. The van der Waals surface area contributed by atoms with Crippen LogP contribution < -0.4 is 40.3 Å². The van der Waals surface area contributed by atoms with Gasteiger partial charge in [0.25, 0.3) is 0 Å². The number of thioether (sulfide) groups is 1. The first kappa shape index (κ1) is 34.5. The van der Waals surface area contributed by atoms with Crippen molar-refractivity contribution in [2.24, 2.45) is 0 Å². The van der Waals surface area contributed by atoms with Gasteiger partial charge in [0, 0.05) is 19.0 Å². The van der Waals surface area contributed by atoms with Crippen LogP contribution in [0.2, 0.25) is 0 Å². The van der Waals surface area contributed by atoms with Gasteiger partial charge in [-0.05, 0) is 90.3 Å². The van der Waals surface area contributed by atoms with E-state index in [1.54, 1.807) is 52.3 Å². The highest BCUT2D eigenvalue weighted by molar-refractivity contribution is 7.98. The van der Waals surface area contributed by atoms with Gasteiger partial charge in [-0.25, -0.2) is 0 Å². The predicted octanol–water partition coefficient (Wildman–Crippen LogP) is 4.76. The summed E-state index contributed by atoms with van der Waals surface area (Å²) in [5.41, 5.74) is 4.14.